The number of rotatable bonds is 2. The van der Waals surface area contributed by atoms with Crippen LogP contribution in [0.1, 0.15) is 18.9 Å². The zero-order valence-corrected chi connectivity index (χ0v) is 11.1. The van der Waals surface area contributed by atoms with Crippen molar-refractivity contribution in [1.82, 2.24) is 4.90 Å². The topological polar surface area (TPSA) is 69.6 Å². The van der Waals surface area contributed by atoms with Crippen molar-refractivity contribution in [1.29, 1.82) is 0 Å². The third kappa shape index (κ3) is 2.86. The van der Waals surface area contributed by atoms with Gasteiger partial charge in [-0.3, -0.25) is 4.79 Å². The molecule has 1 saturated heterocycles. The van der Waals surface area contributed by atoms with E-state index in [0.717, 1.165) is 11.3 Å². The van der Waals surface area contributed by atoms with E-state index >= 15 is 0 Å². The molecule has 102 valence electrons. The molecule has 1 aliphatic rings. The number of carboxylic acids is 1. The maximum atomic E-state index is 12.1. The van der Waals surface area contributed by atoms with Crippen molar-refractivity contribution < 1.29 is 14.7 Å². The second-order valence-corrected chi connectivity index (χ2v) is 5.34. The van der Waals surface area contributed by atoms with E-state index in [1.54, 1.807) is 11.8 Å². The average Bonchev–Trinajstić information content (AvgIpc) is 2.73. The highest BCUT2D eigenvalue weighted by Crippen LogP contribution is 2.30. The predicted molar refractivity (Wildman–Crippen MR) is 72.1 cm³/mol. The fraction of sp³-hybridized carbons (Fsp3) is 0.429. The Balaban J connectivity index is 2.01. The van der Waals surface area contributed by atoms with Gasteiger partial charge in [0, 0.05) is 18.8 Å². The van der Waals surface area contributed by atoms with E-state index < -0.39 is 11.4 Å². The highest BCUT2D eigenvalue weighted by Gasteiger charge is 2.42. The van der Waals surface area contributed by atoms with Crippen LogP contribution < -0.4 is 5.32 Å². The Bertz CT molecular complexity index is 515. The van der Waals surface area contributed by atoms with Crippen LogP contribution in [0.3, 0.4) is 0 Å². The van der Waals surface area contributed by atoms with Crippen LogP contribution in [0, 0.1) is 12.3 Å². The van der Waals surface area contributed by atoms with E-state index in [2.05, 4.69) is 5.32 Å². The molecule has 0 aromatic heterocycles. The molecule has 5 heteroatoms. The number of anilines is 1. The van der Waals surface area contributed by atoms with Gasteiger partial charge in [-0.15, -0.1) is 0 Å². The monoisotopic (exact) mass is 262 g/mol. The van der Waals surface area contributed by atoms with E-state index in [9.17, 15) is 9.59 Å². The number of nitrogens with zero attached hydrogens (tertiary/aromatic N) is 1. The van der Waals surface area contributed by atoms with Gasteiger partial charge in [-0.2, -0.15) is 0 Å². The summed E-state index contributed by atoms with van der Waals surface area (Å²) in [4.78, 5) is 24.7. The standard InChI is InChI=1S/C14H18N2O3/c1-10-4-3-5-11(8-10)15-13(19)16-7-6-14(2,9-16)12(17)18/h3-5,8H,6-7,9H2,1-2H3,(H,15,19)(H,17,18). The lowest BCUT2D eigenvalue weighted by Crippen LogP contribution is -2.37. The summed E-state index contributed by atoms with van der Waals surface area (Å²) in [5, 5.41) is 11.9. The minimum atomic E-state index is -0.849. The minimum Gasteiger partial charge on any atom is -0.481 e. The maximum Gasteiger partial charge on any atom is 0.321 e. The van der Waals surface area contributed by atoms with Crippen LogP contribution in [0.25, 0.3) is 0 Å². The van der Waals surface area contributed by atoms with Crippen LogP contribution in [-0.2, 0) is 4.79 Å². The van der Waals surface area contributed by atoms with E-state index in [0.29, 0.717) is 13.0 Å². The number of amides is 2. The number of carboxylic acid groups (broad SMARTS) is 1. The van der Waals surface area contributed by atoms with E-state index in [-0.39, 0.29) is 12.6 Å². The molecule has 0 saturated carbocycles. The number of hydrogen-bond acceptors (Lipinski definition) is 2. The molecule has 2 amide bonds. The van der Waals surface area contributed by atoms with Crippen molar-refractivity contribution in [2.24, 2.45) is 5.41 Å². The second kappa shape index (κ2) is 4.91. The first kappa shape index (κ1) is 13.4. The van der Waals surface area contributed by atoms with Gasteiger partial charge in [0.1, 0.15) is 0 Å². The zero-order chi connectivity index (χ0) is 14.0. The predicted octanol–water partition coefficient (Wildman–Crippen LogP) is 2.32. The Hall–Kier alpha value is -2.04. The lowest BCUT2D eigenvalue weighted by atomic mass is 9.90. The highest BCUT2D eigenvalue weighted by atomic mass is 16.4. The number of carbonyl (C=O) groups excluding carboxylic acids is 1. The van der Waals surface area contributed by atoms with Gasteiger partial charge in [-0.05, 0) is 38.0 Å². The molecule has 1 unspecified atom stereocenters. The summed E-state index contributed by atoms with van der Waals surface area (Å²) in [5.41, 5.74) is 0.966. The number of hydrogen-bond donors (Lipinski definition) is 2. The Morgan fingerprint density at radius 2 is 2.16 bits per heavy atom. The fourth-order valence-electron chi connectivity index (χ4n) is 2.23. The first-order valence-corrected chi connectivity index (χ1v) is 6.27. The lowest BCUT2D eigenvalue weighted by molar-refractivity contribution is -0.146. The van der Waals surface area contributed by atoms with Crippen molar-refractivity contribution >= 4 is 17.7 Å². The number of urea groups is 1. The molecule has 1 aromatic rings. The molecular weight excluding hydrogens is 244 g/mol. The van der Waals surface area contributed by atoms with Gasteiger partial charge in [0.25, 0.3) is 0 Å². The third-order valence-corrected chi connectivity index (χ3v) is 3.55. The van der Waals surface area contributed by atoms with Crippen LogP contribution in [-0.4, -0.2) is 35.1 Å². The third-order valence-electron chi connectivity index (χ3n) is 3.55. The first-order chi connectivity index (χ1) is 8.90. The molecule has 0 spiro atoms. The van der Waals surface area contributed by atoms with Gasteiger partial charge in [0.15, 0.2) is 0 Å². The van der Waals surface area contributed by atoms with Crippen molar-refractivity contribution in [2.75, 3.05) is 18.4 Å². The number of aliphatic carboxylic acids is 1. The molecule has 1 fully saturated rings. The van der Waals surface area contributed by atoms with Crippen molar-refractivity contribution in [3.8, 4) is 0 Å². The smallest absolute Gasteiger partial charge is 0.321 e. The van der Waals surface area contributed by atoms with Gasteiger partial charge < -0.3 is 15.3 Å². The molecule has 5 nitrogen and oxygen atoms in total. The molecule has 1 atom stereocenters. The number of likely N-dealkylation sites (tertiary alicyclic amines) is 1. The summed E-state index contributed by atoms with van der Waals surface area (Å²) >= 11 is 0. The summed E-state index contributed by atoms with van der Waals surface area (Å²) < 4.78 is 0. The molecule has 0 aliphatic carbocycles. The molecule has 0 radical (unpaired) electrons. The van der Waals surface area contributed by atoms with Crippen LogP contribution in [0.2, 0.25) is 0 Å². The van der Waals surface area contributed by atoms with Gasteiger partial charge in [-0.1, -0.05) is 12.1 Å². The lowest BCUT2D eigenvalue weighted by Gasteiger charge is -2.20. The fourth-order valence-corrected chi connectivity index (χ4v) is 2.23. The van der Waals surface area contributed by atoms with Crippen LogP contribution in [0.5, 0.6) is 0 Å². The summed E-state index contributed by atoms with van der Waals surface area (Å²) in [6, 6.07) is 7.28. The van der Waals surface area contributed by atoms with E-state index in [4.69, 9.17) is 5.11 Å². The van der Waals surface area contributed by atoms with Crippen LogP contribution in [0.4, 0.5) is 10.5 Å². The summed E-state index contributed by atoms with van der Waals surface area (Å²) in [5.74, 6) is -0.849. The molecule has 19 heavy (non-hydrogen) atoms. The molecule has 2 N–H and O–H groups in total. The maximum absolute atomic E-state index is 12.1. The average molecular weight is 262 g/mol. The number of nitrogens with one attached hydrogen (secondary N) is 1. The number of benzene rings is 1. The van der Waals surface area contributed by atoms with Crippen molar-refractivity contribution in [2.45, 2.75) is 20.3 Å². The summed E-state index contributed by atoms with van der Waals surface area (Å²) in [6.45, 7) is 4.35. The Kier molecular flexibility index (Phi) is 3.46. The number of aryl methyl sites for hydroxylation is 1. The normalized spacial score (nSPS) is 22.3. The Morgan fingerprint density at radius 3 is 2.74 bits per heavy atom. The molecule has 1 heterocycles. The summed E-state index contributed by atoms with van der Waals surface area (Å²) in [6.07, 6.45) is 0.490. The Labute approximate surface area is 112 Å². The van der Waals surface area contributed by atoms with Gasteiger partial charge >= 0.3 is 12.0 Å². The number of carbonyl (C=O) groups is 2. The van der Waals surface area contributed by atoms with Crippen LogP contribution >= 0.6 is 0 Å². The quantitative estimate of drug-likeness (QED) is 0.859. The van der Waals surface area contributed by atoms with Gasteiger partial charge in [-0.25, -0.2) is 4.79 Å². The van der Waals surface area contributed by atoms with Gasteiger partial charge in [0.2, 0.25) is 0 Å². The molecule has 0 bridgehead atoms. The molecule has 2 rings (SSSR count). The van der Waals surface area contributed by atoms with Gasteiger partial charge in [0.05, 0.1) is 5.41 Å². The SMILES string of the molecule is Cc1cccc(NC(=O)N2CCC(C)(C(=O)O)C2)c1. The zero-order valence-electron chi connectivity index (χ0n) is 11.1. The highest BCUT2D eigenvalue weighted by molar-refractivity contribution is 5.90. The molecule has 1 aromatic carbocycles. The second-order valence-electron chi connectivity index (χ2n) is 5.34. The van der Waals surface area contributed by atoms with Crippen molar-refractivity contribution in [3.05, 3.63) is 29.8 Å². The van der Waals surface area contributed by atoms with E-state index in [1.165, 1.54) is 0 Å². The largest absolute Gasteiger partial charge is 0.481 e. The first-order valence-electron chi connectivity index (χ1n) is 6.27. The van der Waals surface area contributed by atoms with E-state index in [1.807, 2.05) is 31.2 Å². The van der Waals surface area contributed by atoms with Crippen molar-refractivity contribution in [3.63, 3.8) is 0 Å². The molecule has 1 aliphatic heterocycles. The summed E-state index contributed by atoms with van der Waals surface area (Å²) in [7, 11) is 0. The Morgan fingerprint density at radius 1 is 1.42 bits per heavy atom. The molecular formula is C14H18N2O3. The van der Waals surface area contributed by atoms with Crippen LogP contribution in [0.15, 0.2) is 24.3 Å². The minimum absolute atomic E-state index is 0.240.